The minimum absolute atomic E-state index is 0.208. The van der Waals surface area contributed by atoms with Gasteiger partial charge in [0.15, 0.2) is 0 Å². The molecule has 4 aromatic carbocycles. The quantitative estimate of drug-likeness (QED) is 0.350. The maximum Gasteiger partial charge on any atom is 0.131 e. The van der Waals surface area contributed by atoms with Gasteiger partial charge in [-0.25, -0.2) is 4.39 Å². The van der Waals surface area contributed by atoms with Crippen LogP contribution >= 0.6 is 11.6 Å². The van der Waals surface area contributed by atoms with E-state index in [2.05, 4.69) is 0 Å². The third-order valence-electron chi connectivity index (χ3n) is 3.78. The van der Waals surface area contributed by atoms with Crippen molar-refractivity contribution >= 4 is 43.9 Å². The first-order chi connectivity index (χ1) is 9.77. The molecule has 0 atom stereocenters. The zero-order valence-corrected chi connectivity index (χ0v) is 11.3. The molecule has 0 saturated heterocycles. The molecule has 4 rings (SSSR count). The van der Waals surface area contributed by atoms with E-state index in [0.29, 0.717) is 10.4 Å². The average molecular weight is 281 g/mol. The lowest BCUT2D eigenvalue weighted by Crippen LogP contribution is -1.86. The Hall–Kier alpha value is -2.12. The topological polar surface area (TPSA) is 0 Å². The maximum absolute atomic E-state index is 14.3. The molecule has 0 N–H and O–H groups in total. The fraction of sp³-hybridized carbons (Fsp3) is 0. The molecule has 2 heteroatoms. The molecule has 0 radical (unpaired) electrons. The summed E-state index contributed by atoms with van der Waals surface area (Å²) >= 11 is 6.37. The summed E-state index contributed by atoms with van der Waals surface area (Å²) in [6.07, 6.45) is 0. The normalized spacial score (nSPS) is 11.5. The number of halogens is 2. The summed E-state index contributed by atoms with van der Waals surface area (Å²) < 4.78 is 14.3. The van der Waals surface area contributed by atoms with Crippen molar-refractivity contribution in [2.45, 2.75) is 0 Å². The third kappa shape index (κ3) is 1.47. The van der Waals surface area contributed by atoms with Crippen LogP contribution in [0.25, 0.3) is 32.3 Å². The van der Waals surface area contributed by atoms with Crippen molar-refractivity contribution in [3.8, 4) is 0 Å². The van der Waals surface area contributed by atoms with Gasteiger partial charge >= 0.3 is 0 Å². The molecular weight excluding hydrogens is 271 g/mol. The fourth-order valence-electron chi connectivity index (χ4n) is 2.96. The van der Waals surface area contributed by atoms with E-state index in [0.717, 1.165) is 26.9 Å². The highest BCUT2D eigenvalue weighted by Gasteiger charge is 2.12. The van der Waals surface area contributed by atoms with E-state index < -0.39 is 0 Å². The van der Waals surface area contributed by atoms with E-state index in [-0.39, 0.29) is 5.82 Å². The minimum Gasteiger partial charge on any atom is -0.206 e. The van der Waals surface area contributed by atoms with Crippen LogP contribution in [0.15, 0.2) is 60.7 Å². The van der Waals surface area contributed by atoms with Gasteiger partial charge in [-0.2, -0.15) is 0 Å². The van der Waals surface area contributed by atoms with Crippen molar-refractivity contribution in [2.75, 3.05) is 0 Å². The summed E-state index contributed by atoms with van der Waals surface area (Å²) in [7, 11) is 0. The second-order valence-electron chi connectivity index (χ2n) is 4.87. The first-order valence-electron chi connectivity index (χ1n) is 6.44. The van der Waals surface area contributed by atoms with E-state index in [1.807, 2.05) is 48.5 Å². The Balaban J connectivity index is 2.49. The van der Waals surface area contributed by atoms with Crippen LogP contribution in [0.3, 0.4) is 0 Å². The molecule has 0 bridgehead atoms. The molecule has 0 aliphatic carbocycles. The van der Waals surface area contributed by atoms with E-state index in [4.69, 9.17) is 11.6 Å². The van der Waals surface area contributed by atoms with Crippen LogP contribution in [0.1, 0.15) is 0 Å². The fourth-order valence-corrected chi connectivity index (χ4v) is 3.24. The highest BCUT2D eigenvalue weighted by Crippen LogP contribution is 2.39. The molecule has 0 aliphatic heterocycles. The van der Waals surface area contributed by atoms with E-state index in [1.54, 1.807) is 6.07 Å². The van der Waals surface area contributed by atoms with Gasteiger partial charge in [-0.15, -0.1) is 0 Å². The van der Waals surface area contributed by atoms with Gasteiger partial charge in [0.1, 0.15) is 5.82 Å². The standard InChI is InChI=1S/C18H10ClF/c19-15-9-3-8-14-17(15)12-6-2-1-5-11(12)13-7-4-10-16(20)18(13)14/h1-10H. The monoisotopic (exact) mass is 280 g/mol. The molecule has 0 unspecified atom stereocenters. The zero-order valence-electron chi connectivity index (χ0n) is 10.5. The van der Waals surface area contributed by atoms with Crippen LogP contribution in [-0.2, 0) is 0 Å². The first kappa shape index (κ1) is 11.7. The summed E-state index contributed by atoms with van der Waals surface area (Å²) in [6.45, 7) is 0. The molecule has 4 aromatic rings. The summed E-state index contributed by atoms with van der Waals surface area (Å²) in [5, 5.41) is 6.10. The van der Waals surface area contributed by atoms with Crippen LogP contribution in [0.5, 0.6) is 0 Å². The maximum atomic E-state index is 14.3. The van der Waals surface area contributed by atoms with Gasteiger partial charge < -0.3 is 0 Å². The van der Waals surface area contributed by atoms with Crippen molar-refractivity contribution in [1.82, 2.24) is 0 Å². The lowest BCUT2D eigenvalue weighted by atomic mass is 9.94. The van der Waals surface area contributed by atoms with Gasteiger partial charge in [0.05, 0.1) is 0 Å². The van der Waals surface area contributed by atoms with Crippen LogP contribution < -0.4 is 0 Å². The molecule has 96 valence electrons. The van der Waals surface area contributed by atoms with Crippen molar-refractivity contribution in [1.29, 1.82) is 0 Å². The second kappa shape index (κ2) is 4.19. The molecule has 0 heterocycles. The van der Waals surface area contributed by atoms with Gasteiger partial charge in [-0.3, -0.25) is 0 Å². The van der Waals surface area contributed by atoms with Gasteiger partial charge in [0.2, 0.25) is 0 Å². The number of fused-ring (bicyclic) bond motifs is 6. The SMILES string of the molecule is Fc1cccc2c3ccccc3c3c(Cl)cccc3c12. The van der Waals surface area contributed by atoms with Crippen LogP contribution in [0.2, 0.25) is 5.02 Å². The second-order valence-corrected chi connectivity index (χ2v) is 5.28. The Bertz CT molecular complexity index is 922. The van der Waals surface area contributed by atoms with Gasteiger partial charge in [-0.1, -0.05) is 60.1 Å². The summed E-state index contributed by atoms with van der Waals surface area (Å²) in [5.74, 6) is -0.208. The first-order valence-corrected chi connectivity index (χ1v) is 6.82. The molecule has 0 aromatic heterocycles. The van der Waals surface area contributed by atoms with Crippen molar-refractivity contribution in [2.24, 2.45) is 0 Å². The predicted molar refractivity (Wildman–Crippen MR) is 83.9 cm³/mol. The van der Waals surface area contributed by atoms with Crippen molar-refractivity contribution in [3.63, 3.8) is 0 Å². The van der Waals surface area contributed by atoms with Crippen LogP contribution in [0, 0.1) is 5.82 Å². The molecule has 0 spiro atoms. The average Bonchev–Trinajstić information content (AvgIpc) is 2.47. The van der Waals surface area contributed by atoms with Crippen molar-refractivity contribution in [3.05, 3.63) is 71.5 Å². The molecule has 0 fully saturated rings. The lowest BCUT2D eigenvalue weighted by Gasteiger charge is -2.11. The van der Waals surface area contributed by atoms with E-state index in [1.165, 1.54) is 6.07 Å². The number of hydrogen-bond donors (Lipinski definition) is 0. The molecule has 20 heavy (non-hydrogen) atoms. The molecule has 0 saturated carbocycles. The smallest absolute Gasteiger partial charge is 0.131 e. The molecule has 0 nitrogen and oxygen atoms in total. The molecule has 0 aliphatic rings. The summed E-state index contributed by atoms with van der Waals surface area (Å²) in [4.78, 5) is 0. The number of rotatable bonds is 0. The molecular formula is C18H10ClF. The van der Waals surface area contributed by atoms with Crippen LogP contribution in [0.4, 0.5) is 4.39 Å². The summed E-state index contributed by atoms with van der Waals surface area (Å²) in [6, 6.07) is 18.9. The van der Waals surface area contributed by atoms with E-state index in [9.17, 15) is 4.39 Å². The largest absolute Gasteiger partial charge is 0.206 e. The van der Waals surface area contributed by atoms with Crippen molar-refractivity contribution < 1.29 is 4.39 Å². The Morgan fingerprint density at radius 3 is 2.05 bits per heavy atom. The summed E-state index contributed by atoms with van der Waals surface area (Å²) in [5.41, 5.74) is 0. The van der Waals surface area contributed by atoms with Gasteiger partial charge in [0, 0.05) is 15.8 Å². The zero-order chi connectivity index (χ0) is 13.7. The number of hydrogen-bond acceptors (Lipinski definition) is 0. The lowest BCUT2D eigenvalue weighted by molar-refractivity contribution is 0.641. The minimum atomic E-state index is -0.208. The van der Waals surface area contributed by atoms with E-state index >= 15 is 0 Å². The van der Waals surface area contributed by atoms with Crippen LogP contribution in [-0.4, -0.2) is 0 Å². The highest BCUT2D eigenvalue weighted by molar-refractivity contribution is 6.40. The van der Waals surface area contributed by atoms with Gasteiger partial charge in [-0.05, 0) is 33.7 Å². The Kier molecular flexibility index (Phi) is 2.45. The third-order valence-corrected chi connectivity index (χ3v) is 4.10. The Morgan fingerprint density at radius 1 is 0.600 bits per heavy atom. The van der Waals surface area contributed by atoms with Gasteiger partial charge in [0.25, 0.3) is 0 Å². The Labute approximate surface area is 120 Å². The molecule has 0 amide bonds. The number of benzene rings is 4. The Morgan fingerprint density at radius 2 is 1.20 bits per heavy atom. The highest BCUT2D eigenvalue weighted by atomic mass is 35.5. The predicted octanol–water partition coefficient (Wildman–Crippen LogP) is 5.94.